The van der Waals surface area contributed by atoms with Crippen molar-refractivity contribution in [1.29, 1.82) is 0 Å². The Morgan fingerprint density at radius 1 is 1.22 bits per heavy atom. The van der Waals surface area contributed by atoms with E-state index >= 15 is 0 Å². The van der Waals surface area contributed by atoms with Gasteiger partial charge in [0.05, 0.1) is 13.4 Å². The summed E-state index contributed by atoms with van der Waals surface area (Å²) in [6.07, 6.45) is 7.37. The minimum atomic E-state index is 0.287. The molecule has 0 amide bonds. The van der Waals surface area contributed by atoms with E-state index in [0.29, 0.717) is 0 Å². The molecule has 2 rings (SSSR count). The number of hydrogen-bond acceptors (Lipinski definition) is 1. The van der Waals surface area contributed by atoms with E-state index in [-0.39, 0.29) is 5.41 Å². The number of ether oxygens (including phenoxy) is 1. The molecule has 96 valence electrons. The lowest BCUT2D eigenvalue weighted by Crippen LogP contribution is -2.26. The van der Waals surface area contributed by atoms with Crippen LogP contribution in [0.25, 0.3) is 0 Å². The molecular formula is C17H22O. The van der Waals surface area contributed by atoms with Crippen LogP contribution < -0.4 is 0 Å². The standard InChI is InChI=1S/C17H22O/c1-14-13-17(2,16-7-5-4-6-8-16)11-9-15(14)10-12-18-3/h4-8,10,12H,9,11,13H2,1-3H3. The van der Waals surface area contributed by atoms with Gasteiger partial charge >= 0.3 is 0 Å². The van der Waals surface area contributed by atoms with Gasteiger partial charge in [0.25, 0.3) is 0 Å². The van der Waals surface area contributed by atoms with Crippen LogP contribution in [0.3, 0.4) is 0 Å². The van der Waals surface area contributed by atoms with E-state index in [1.165, 1.54) is 23.1 Å². The molecule has 0 spiro atoms. The maximum Gasteiger partial charge on any atom is 0.0827 e. The maximum atomic E-state index is 5.01. The Bertz CT molecular complexity index is 456. The summed E-state index contributed by atoms with van der Waals surface area (Å²) >= 11 is 0. The lowest BCUT2D eigenvalue weighted by atomic mass is 9.69. The average molecular weight is 242 g/mol. The molecule has 1 aliphatic carbocycles. The van der Waals surface area contributed by atoms with Crippen LogP contribution >= 0.6 is 0 Å². The van der Waals surface area contributed by atoms with E-state index in [0.717, 1.165) is 12.8 Å². The second-order valence-corrected chi connectivity index (χ2v) is 5.45. The minimum absolute atomic E-state index is 0.287. The first-order valence-corrected chi connectivity index (χ1v) is 6.59. The fourth-order valence-electron chi connectivity index (χ4n) is 2.87. The molecular weight excluding hydrogens is 220 g/mol. The number of methoxy groups -OCH3 is 1. The zero-order valence-corrected chi connectivity index (χ0v) is 11.6. The van der Waals surface area contributed by atoms with E-state index < -0.39 is 0 Å². The van der Waals surface area contributed by atoms with Crippen molar-refractivity contribution in [2.24, 2.45) is 0 Å². The summed E-state index contributed by atoms with van der Waals surface area (Å²) in [7, 11) is 1.70. The van der Waals surface area contributed by atoms with Gasteiger partial charge < -0.3 is 4.74 Å². The lowest BCUT2D eigenvalue weighted by molar-refractivity contribution is 0.336. The van der Waals surface area contributed by atoms with E-state index in [9.17, 15) is 0 Å². The Hall–Kier alpha value is -1.50. The first kappa shape index (κ1) is 12.9. The molecule has 1 heteroatoms. The third-order valence-corrected chi connectivity index (χ3v) is 4.03. The Labute approximate surface area is 110 Å². The van der Waals surface area contributed by atoms with Gasteiger partial charge in [-0.25, -0.2) is 0 Å². The molecule has 1 aromatic rings. The fraction of sp³-hybridized carbons (Fsp3) is 0.412. The van der Waals surface area contributed by atoms with Gasteiger partial charge in [-0.2, -0.15) is 0 Å². The Morgan fingerprint density at radius 3 is 2.56 bits per heavy atom. The van der Waals surface area contributed by atoms with Gasteiger partial charge in [0.2, 0.25) is 0 Å². The predicted octanol–water partition coefficient (Wildman–Crippen LogP) is 4.60. The largest absolute Gasteiger partial charge is 0.504 e. The van der Waals surface area contributed by atoms with Crippen molar-refractivity contribution >= 4 is 0 Å². The third kappa shape index (κ3) is 2.66. The van der Waals surface area contributed by atoms with Crippen LogP contribution in [-0.4, -0.2) is 7.11 Å². The minimum Gasteiger partial charge on any atom is -0.504 e. The normalized spacial score (nSPS) is 24.6. The van der Waals surface area contributed by atoms with Crippen molar-refractivity contribution in [3.63, 3.8) is 0 Å². The molecule has 18 heavy (non-hydrogen) atoms. The monoisotopic (exact) mass is 242 g/mol. The number of allylic oxidation sites excluding steroid dienone is 3. The topological polar surface area (TPSA) is 9.23 Å². The molecule has 0 aromatic heterocycles. The van der Waals surface area contributed by atoms with Crippen LogP contribution in [-0.2, 0) is 10.2 Å². The van der Waals surface area contributed by atoms with Crippen LogP contribution in [0.2, 0.25) is 0 Å². The first-order chi connectivity index (χ1) is 8.65. The van der Waals surface area contributed by atoms with Gasteiger partial charge in [0.1, 0.15) is 0 Å². The van der Waals surface area contributed by atoms with Crippen molar-refractivity contribution in [2.45, 2.75) is 38.5 Å². The summed E-state index contributed by atoms with van der Waals surface area (Å²) in [5.41, 5.74) is 4.67. The van der Waals surface area contributed by atoms with Crippen LogP contribution in [0.1, 0.15) is 38.7 Å². The summed E-state index contributed by atoms with van der Waals surface area (Å²) in [6.45, 7) is 4.62. The van der Waals surface area contributed by atoms with Gasteiger partial charge in [-0.15, -0.1) is 0 Å². The first-order valence-electron chi connectivity index (χ1n) is 6.59. The summed E-state index contributed by atoms with van der Waals surface area (Å²) in [5.74, 6) is 0. The Balaban J connectivity index is 2.22. The molecule has 0 N–H and O–H groups in total. The van der Waals surface area contributed by atoms with Crippen molar-refractivity contribution in [2.75, 3.05) is 7.11 Å². The summed E-state index contributed by atoms with van der Waals surface area (Å²) in [5, 5.41) is 0. The molecule has 0 heterocycles. The second kappa shape index (κ2) is 5.43. The van der Waals surface area contributed by atoms with Crippen LogP contribution in [0.15, 0.2) is 53.8 Å². The van der Waals surface area contributed by atoms with E-state index in [4.69, 9.17) is 4.74 Å². The molecule has 0 bridgehead atoms. The van der Waals surface area contributed by atoms with Crippen LogP contribution in [0.4, 0.5) is 0 Å². The Kier molecular flexibility index (Phi) is 3.90. The maximum absolute atomic E-state index is 5.01. The summed E-state index contributed by atoms with van der Waals surface area (Å²) < 4.78 is 5.01. The van der Waals surface area contributed by atoms with Crippen molar-refractivity contribution in [3.05, 3.63) is 59.4 Å². The summed E-state index contributed by atoms with van der Waals surface area (Å²) in [6, 6.07) is 10.9. The van der Waals surface area contributed by atoms with Gasteiger partial charge in [-0.05, 0) is 48.8 Å². The van der Waals surface area contributed by atoms with Gasteiger partial charge in [-0.3, -0.25) is 0 Å². The molecule has 1 aliphatic rings. The van der Waals surface area contributed by atoms with Gasteiger partial charge in [-0.1, -0.05) is 42.8 Å². The smallest absolute Gasteiger partial charge is 0.0827 e. The van der Waals surface area contributed by atoms with Crippen molar-refractivity contribution in [1.82, 2.24) is 0 Å². The quantitative estimate of drug-likeness (QED) is 0.704. The molecule has 1 nitrogen and oxygen atoms in total. The zero-order chi connectivity index (χ0) is 13.0. The molecule has 0 aliphatic heterocycles. The zero-order valence-electron chi connectivity index (χ0n) is 11.6. The van der Waals surface area contributed by atoms with Crippen molar-refractivity contribution < 1.29 is 4.74 Å². The fourth-order valence-corrected chi connectivity index (χ4v) is 2.87. The second-order valence-electron chi connectivity index (χ2n) is 5.45. The highest BCUT2D eigenvalue weighted by Gasteiger charge is 2.30. The SMILES string of the molecule is COC=CC1=C(C)CC(C)(c2ccccc2)CC1. The molecule has 1 unspecified atom stereocenters. The highest BCUT2D eigenvalue weighted by atomic mass is 16.5. The molecule has 0 saturated carbocycles. The molecule has 0 radical (unpaired) electrons. The van der Waals surface area contributed by atoms with Crippen molar-refractivity contribution in [3.8, 4) is 0 Å². The predicted molar refractivity (Wildman–Crippen MR) is 76.5 cm³/mol. The average Bonchev–Trinajstić information content (AvgIpc) is 2.39. The van der Waals surface area contributed by atoms with Gasteiger partial charge in [0, 0.05) is 0 Å². The lowest BCUT2D eigenvalue weighted by Gasteiger charge is -2.35. The van der Waals surface area contributed by atoms with E-state index in [1.54, 1.807) is 13.4 Å². The molecule has 0 fully saturated rings. The summed E-state index contributed by atoms with van der Waals surface area (Å²) in [4.78, 5) is 0. The number of hydrogen-bond donors (Lipinski definition) is 0. The van der Waals surface area contributed by atoms with Crippen LogP contribution in [0, 0.1) is 0 Å². The van der Waals surface area contributed by atoms with Crippen LogP contribution in [0.5, 0.6) is 0 Å². The number of benzene rings is 1. The van der Waals surface area contributed by atoms with E-state index in [1.807, 2.05) is 0 Å². The van der Waals surface area contributed by atoms with E-state index in [2.05, 4.69) is 50.3 Å². The third-order valence-electron chi connectivity index (χ3n) is 4.03. The number of rotatable bonds is 3. The Morgan fingerprint density at radius 2 is 1.94 bits per heavy atom. The molecule has 1 atom stereocenters. The molecule has 0 saturated heterocycles. The highest BCUT2D eigenvalue weighted by Crippen LogP contribution is 2.41. The highest BCUT2D eigenvalue weighted by molar-refractivity contribution is 5.34. The molecule has 1 aromatic carbocycles. The van der Waals surface area contributed by atoms with Gasteiger partial charge in [0.15, 0.2) is 0 Å².